The highest BCUT2D eigenvalue weighted by Gasteiger charge is 2.33. The summed E-state index contributed by atoms with van der Waals surface area (Å²) < 4.78 is 32.8. The summed E-state index contributed by atoms with van der Waals surface area (Å²) in [5.74, 6) is -0.228. The fourth-order valence-electron chi connectivity index (χ4n) is 4.14. The molecule has 0 unspecified atom stereocenters. The van der Waals surface area contributed by atoms with Crippen LogP contribution in [-0.2, 0) is 32.6 Å². The molecule has 40 heavy (non-hydrogen) atoms. The number of hydrogen-bond acceptors (Lipinski definition) is 5. The number of amides is 2. The number of methoxy groups -OCH3 is 1. The molecule has 10 heteroatoms. The van der Waals surface area contributed by atoms with Gasteiger partial charge in [0.05, 0.1) is 19.1 Å². The Morgan fingerprint density at radius 2 is 1.57 bits per heavy atom. The van der Waals surface area contributed by atoms with E-state index in [1.54, 1.807) is 24.3 Å². The number of hydrogen-bond donors (Lipinski definition) is 1. The maximum atomic E-state index is 14.1. The molecule has 2 amide bonds. The third-order valence-electron chi connectivity index (χ3n) is 6.58. The molecule has 2 atom stereocenters. The van der Waals surface area contributed by atoms with Gasteiger partial charge in [-0.3, -0.25) is 13.9 Å². The van der Waals surface area contributed by atoms with Crippen LogP contribution in [0.25, 0.3) is 0 Å². The minimum absolute atomic E-state index is 0.0952. The topological polar surface area (TPSA) is 96.0 Å². The van der Waals surface area contributed by atoms with Crippen molar-refractivity contribution in [3.63, 3.8) is 0 Å². The van der Waals surface area contributed by atoms with Gasteiger partial charge in [-0.25, -0.2) is 8.42 Å². The zero-order chi connectivity index (χ0) is 29.3. The number of carbonyl (C=O) groups excluding carboxylic acids is 2. The molecule has 3 aromatic carbocycles. The summed E-state index contributed by atoms with van der Waals surface area (Å²) in [5, 5.41) is 3.02. The quantitative estimate of drug-likeness (QED) is 0.294. The molecule has 0 radical (unpaired) electrons. The lowest BCUT2D eigenvalue weighted by atomic mass is 10.0. The molecule has 214 valence electrons. The Labute approximate surface area is 245 Å². The summed E-state index contributed by atoms with van der Waals surface area (Å²) >= 11 is 3.44. The summed E-state index contributed by atoms with van der Waals surface area (Å²) in [6, 6.07) is 22.4. The Morgan fingerprint density at radius 3 is 2.12 bits per heavy atom. The summed E-state index contributed by atoms with van der Waals surface area (Å²) in [4.78, 5) is 29.2. The van der Waals surface area contributed by atoms with E-state index in [0.29, 0.717) is 11.4 Å². The first kappa shape index (κ1) is 31.2. The van der Waals surface area contributed by atoms with Crippen LogP contribution in [0.15, 0.2) is 83.3 Å². The van der Waals surface area contributed by atoms with E-state index in [2.05, 4.69) is 21.2 Å². The zero-order valence-electron chi connectivity index (χ0n) is 23.2. The van der Waals surface area contributed by atoms with Crippen molar-refractivity contribution in [1.29, 1.82) is 0 Å². The Hall–Kier alpha value is -3.37. The zero-order valence-corrected chi connectivity index (χ0v) is 25.6. The lowest BCUT2D eigenvalue weighted by molar-refractivity contribution is -0.140. The van der Waals surface area contributed by atoms with E-state index < -0.39 is 28.5 Å². The number of ether oxygens (including phenoxy) is 1. The molecule has 8 nitrogen and oxygen atoms in total. The third kappa shape index (κ3) is 8.82. The maximum Gasteiger partial charge on any atom is 0.244 e. The molecule has 0 saturated heterocycles. The van der Waals surface area contributed by atoms with E-state index in [-0.39, 0.29) is 24.9 Å². The lowest BCUT2D eigenvalue weighted by Gasteiger charge is -2.34. The SMILES string of the molecule is CC[C@H](C)NC(=O)[C@@H](Cc1ccccc1)N(Cc1ccc(Br)cc1)C(=O)CN(c1ccc(OC)cc1)S(C)(=O)=O. The van der Waals surface area contributed by atoms with Gasteiger partial charge in [0, 0.05) is 23.5 Å². The second-order valence-corrected chi connectivity index (χ2v) is 12.5. The number of anilines is 1. The number of carbonyl (C=O) groups is 2. The van der Waals surface area contributed by atoms with E-state index in [0.717, 1.165) is 32.6 Å². The third-order valence-corrected chi connectivity index (χ3v) is 8.25. The van der Waals surface area contributed by atoms with Crippen molar-refractivity contribution in [3.05, 3.63) is 94.5 Å². The van der Waals surface area contributed by atoms with Crippen LogP contribution in [0.5, 0.6) is 5.75 Å². The van der Waals surface area contributed by atoms with Crippen LogP contribution >= 0.6 is 15.9 Å². The van der Waals surface area contributed by atoms with E-state index >= 15 is 0 Å². The summed E-state index contributed by atoms with van der Waals surface area (Å²) in [6.45, 7) is 3.54. The van der Waals surface area contributed by atoms with Crippen molar-refractivity contribution in [1.82, 2.24) is 10.2 Å². The monoisotopic (exact) mass is 629 g/mol. The highest BCUT2D eigenvalue weighted by Crippen LogP contribution is 2.23. The Kier molecular flexibility index (Phi) is 11.2. The predicted octanol–water partition coefficient (Wildman–Crippen LogP) is 4.78. The molecular formula is C30H36BrN3O5S. The van der Waals surface area contributed by atoms with Gasteiger partial charge in [-0.15, -0.1) is 0 Å². The first-order chi connectivity index (χ1) is 19.0. The standard InChI is InChI=1S/C30H36BrN3O5S/c1-5-22(2)32-30(36)28(19-23-9-7-6-8-10-23)33(20-24-11-13-25(31)14-12-24)29(35)21-34(40(4,37)38)26-15-17-27(39-3)18-16-26/h6-18,22,28H,5,19-21H2,1-4H3,(H,32,36)/t22-,28+/m0/s1. The van der Waals surface area contributed by atoms with Crippen molar-refractivity contribution in [2.24, 2.45) is 0 Å². The van der Waals surface area contributed by atoms with Gasteiger partial charge in [0.15, 0.2) is 0 Å². The second-order valence-electron chi connectivity index (χ2n) is 9.64. The highest BCUT2D eigenvalue weighted by atomic mass is 79.9. The van der Waals surface area contributed by atoms with Crippen LogP contribution < -0.4 is 14.4 Å². The van der Waals surface area contributed by atoms with Crippen molar-refractivity contribution < 1.29 is 22.7 Å². The minimum atomic E-state index is -3.83. The van der Waals surface area contributed by atoms with E-state index in [1.807, 2.05) is 68.4 Å². The van der Waals surface area contributed by atoms with Gasteiger partial charge < -0.3 is 15.0 Å². The Balaban J connectivity index is 2.04. The summed E-state index contributed by atoms with van der Waals surface area (Å²) in [6.07, 6.45) is 2.05. The number of nitrogens with one attached hydrogen (secondary N) is 1. The molecule has 0 aromatic heterocycles. The van der Waals surface area contributed by atoms with Crippen molar-refractivity contribution >= 4 is 43.5 Å². The minimum Gasteiger partial charge on any atom is -0.497 e. The molecule has 0 aliphatic carbocycles. The highest BCUT2D eigenvalue weighted by molar-refractivity contribution is 9.10. The normalized spacial score (nSPS) is 12.7. The van der Waals surface area contributed by atoms with Crippen LogP contribution in [0.4, 0.5) is 5.69 Å². The fraction of sp³-hybridized carbons (Fsp3) is 0.333. The molecule has 3 rings (SSSR count). The van der Waals surface area contributed by atoms with Crippen LogP contribution in [0.2, 0.25) is 0 Å². The van der Waals surface area contributed by atoms with Gasteiger partial charge in [-0.05, 0) is 60.9 Å². The van der Waals surface area contributed by atoms with Gasteiger partial charge in [-0.1, -0.05) is 65.3 Å². The maximum absolute atomic E-state index is 14.1. The number of benzene rings is 3. The molecule has 3 aromatic rings. The fourth-order valence-corrected chi connectivity index (χ4v) is 5.26. The van der Waals surface area contributed by atoms with E-state index in [9.17, 15) is 18.0 Å². The average Bonchev–Trinajstić information content (AvgIpc) is 2.94. The molecular weight excluding hydrogens is 594 g/mol. The summed E-state index contributed by atoms with van der Waals surface area (Å²) in [5.41, 5.74) is 2.01. The van der Waals surface area contributed by atoms with Crippen LogP contribution in [0, 0.1) is 0 Å². The molecule has 0 heterocycles. The van der Waals surface area contributed by atoms with Gasteiger partial charge in [0.1, 0.15) is 18.3 Å². The van der Waals surface area contributed by atoms with Gasteiger partial charge in [0.25, 0.3) is 0 Å². The van der Waals surface area contributed by atoms with E-state index in [1.165, 1.54) is 12.0 Å². The van der Waals surface area contributed by atoms with Gasteiger partial charge >= 0.3 is 0 Å². The first-order valence-electron chi connectivity index (χ1n) is 13.0. The average molecular weight is 631 g/mol. The Morgan fingerprint density at radius 1 is 0.950 bits per heavy atom. The van der Waals surface area contributed by atoms with Crippen LogP contribution in [0.1, 0.15) is 31.4 Å². The number of rotatable bonds is 13. The predicted molar refractivity (Wildman–Crippen MR) is 162 cm³/mol. The van der Waals surface area contributed by atoms with Crippen LogP contribution in [0.3, 0.4) is 0 Å². The van der Waals surface area contributed by atoms with Crippen LogP contribution in [-0.4, -0.2) is 57.1 Å². The number of nitrogens with zero attached hydrogens (tertiary/aromatic N) is 2. The molecule has 0 bridgehead atoms. The van der Waals surface area contributed by atoms with Gasteiger partial charge in [0.2, 0.25) is 21.8 Å². The number of sulfonamides is 1. The first-order valence-corrected chi connectivity index (χ1v) is 15.7. The lowest BCUT2D eigenvalue weighted by Crippen LogP contribution is -2.54. The molecule has 0 aliphatic heterocycles. The van der Waals surface area contributed by atoms with Gasteiger partial charge in [-0.2, -0.15) is 0 Å². The molecule has 0 spiro atoms. The molecule has 0 fully saturated rings. The van der Waals surface area contributed by atoms with Crippen molar-refractivity contribution in [2.75, 3.05) is 24.2 Å². The Bertz CT molecular complexity index is 1370. The second kappa shape index (κ2) is 14.3. The van der Waals surface area contributed by atoms with Crippen molar-refractivity contribution in [3.8, 4) is 5.75 Å². The number of halogens is 1. The molecule has 0 aliphatic rings. The van der Waals surface area contributed by atoms with E-state index in [4.69, 9.17) is 4.74 Å². The molecule has 1 N–H and O–H groups in total. The smallest absolute Gasteiger partial charge is 0.244 e. The van der Waals surface area contributed by atoms with Crippen molar-refractivity contribution in [2.45, 2.75) is 45.3 Å². The summed E-state index contributed by atoms with van der Waals surface area (Å²) in [7, 11) is -2.32. The largest absolute Gasteiger partial charge is 0.497 e. The molecule has 0 saturated carbocycles.